The average Bonchev–Trinajstić information content (AvgIpc) is 2.85. The van der Waals surface area contributed by atoms with E-state index in [9.17, 15) is 4.79 Å². The van der Waals surface area contributed by atoms with Gasteiger partial charge in [0.15, 0.2) is 5.78 Å². The smallest absolute Gasteiger partial charge is 0.167 e. The molecule has 21 heavy (non-hydrogen) atoms. The molecule has 1 aliphatic heterocycles. The summed E-state index contributed by atoms with van der Waals surface area (Å²) in [7, 11) is 0. The molecule has 0 fully saturated rings. The van der Waals surface area contributed by atoms with Gasteiger partial charge >= 0.3 is 0 Å². The lowest BCUT2D eigenvalue weighted by atomic mass is 10.00. The van der Waals surface area contributed by atoms with Gasteiger partial charge in [-0.2, -0.15) is 0 Å². The van der Waals surface area contributed by atoms with Gasteiger partial charge in [0.25, 0.3) is 0 Å². The summed E-state index contributed by atoms with van der Waals surface area (Å²) in [6.45, 7) is 0.625. The summed E-state index contributed by atoms with van der Waals surface area (Å²) in [4.78, 5) is 12.4. The fourth-order valence-corrected chi connectivity index (χ4v) is 3.26. The van der Waals surface area contributed by atoms with Crippen molar-refractivity contribution < 1.29 is 9.53 Å². The number of rotatable bonds is 3. The van der Waals surface area contributed by atoms with E-state index in [1.165, 1.54) is 0 Å². The van der Waals surface area contributed by atoms with Gasteiger partial charge < -0.3 is 4.74 Å². The second-order valence-corrected chi connectivity index (χ2v) is 6.22. The first kappa shape index (κ1) is 14.7. The summed E-state index contributed by atoms with van der Waals surface area (Å²) >= 11 is 18.0. The first-order valence-electron chi connectivity index (χ1n) is 6.46. The van der Waals surface area contributed by atoms with Crippen molar-refractivity contribution in [3.05, 3.63) is 62.1 Å². The molecule has 2 aromatic rings. The van der Waals surface area contributed by atoms with Crippen LogP contribution in [-0.2, 0) is 12.8 Å². The zero-order valence-electron chi connectivity index (χ0n) is 11.0. The van der Waals surface area contributed by atoms with Crippen LogP contribution >= 0.6 is 34.8 Å². The largest absolute Gasteiger partial charge is 0.493 e. The number of carbonyl (C=O) groups is 1. The quantitative estimate of drug-likeness (QED) is 0.734. The molecule has 0 amide bonds. The highest BCUT2D eigenvalue weighted by Gasteiger charge is 2.20. The molecule has 0 radical (unpaired) electrons. The minimum atomic E-state index is -0.0700. The number of fused-ring (bicyclic) bond motifs is 1. The molecule has 0 aliphatic carbocycles. The number of hydrogen-bond donors (Lipinski definition) is 0. The Hall–Kier alpha value is -1.22. The van der Waals surface area contributed by atoms with E-state index in [0.29, 0.717) is 27.2 Å². The summed E-state index contributed by atoms with van der Waals surface area (Å²) in [5, 5.41) is 1.50. The second kappa shape index (κ2) is 5.88. The molecular formula is C16H11Cl3O2. The number of halogens is 3. The van der Waals surface area contributed by atoms with Gasteiger partial charge in [0, 0.05) is 39.0 Å². The predicted octanol–water partition coefficient (Wildman–Crippen LogP) is 5.01. The highest BCUT2D eigenvalue weighted by Crippen LogP contribution is 2.33. The molecule has 0 saturated carbocycles. The minimum absolute atomic E-state index is 0.0700. The molecule has 2 aromatic carbocycles. The Bertz CT molecular complexity index is 705. The first-order valence-corrected chi connectivity index (χ1v) is 7.60. The maximum absolute atomic E-state index is 12.4. The van der Waals surface area contributed by atoms with Crippen molar-refractivity contribution in [2.45, 2.75) is 12.8 Å². The molecule has 0 atom stereocenters. The van der Waals surface area contributed by atoms with Gasteiger partial charge in [-0.1, -0.05) is 34.8 Å². The number of ether oxygens (including phenoxy) is 1. The normalized spacial score (nSPS) is 12.9. The Labute approximate surface area is 137 Å². The van der Waals surface area contributed by atoms with Crippen molar-refractivity contribution in [1.29, 1.82) is 0 Å². The number of hydrogen-bond acceptors (Lipinski definition) is 2. The van der Waals surface area contributed by atoms with E-state index in [1.807, 2.05) is 6.07 Å². The van der Waals surface area contributed by atoms with E-state index in [4.69, 9.17) is 39.5 Å². The Kier molecular flexibility index (Phi) is 4.12. The highest BCUT2D eigenvalue weighted by molar-refractivity contribution is 6.35. The topological polar surface area (TPSA) is 26.3 Å². The molecule has 108 valence electrons. The molecule has 0 unspecified atom stereocenters. The van der Waals surface area contributed by atoms with Crippen LogP contribution in [0.4, 0.5) is 0 Å². The third kappa shape index (κ3) is 3.18. The van der Waals surface area contributed by atoms with Crippen LogP contribution in [0.25, 0.3) is 0 Å². The molecular weight excluding hydrogens is 331 g/mol. The summed E-state index contributed by atoms with van der Waals surface area (Å²) in [6, 6.07) is 8.48. The fourth-order valence-electron chi connectivity index (χ4n) is 2.47. The number of ketones is 1. The van der Waals surface area contributed by atoms with Crippen LogP contribution in [0.1, 0.15) is 21.5 Å². The molecule has 0 aromatic heterocycles. The summed E-state index contributed by atoms with van der Waals surface area (Å²) in [6.07, 6.45) is 1.03. The first-order chi connectivity index (χ1) is 10.0. The van der Waals surface area contributed by atoms with Gasteiger partial charge in [-0.15, -0.1) is 0 Å². The average molecular weight is 342 g/mol. The van der Waals surface area contributed by atoms with E-state index in [-0.39, 0.29) is 12.2 Å². The molecule has 0 bridgehead atoms. The maximum atomic E-state index is 12.4. The van der Waals surface area contributed by atoms with Crippen molar-refractivity contribution in [3.8, 4) is 5.75 Å². The Balaban J connectivity index is 1.92. The molecule has 1 aliphatic rings. The predicted molar refractivity (Wildman–Crippen MR) is 85.1 cm³/mol. The zero-order valence-corrected chi connectivity index (χ0v) is 13.2. The van der Waals surface area contributed by atoms with E-state index in [2.05, 4.69) is 0 Å². The lowest BCUT2D eigenvalue weighted by molar-refractivity contribution is 0.0992. The molecule has 0 spiro atoms. The molecule has 0 N–H and O–H groups in total. The third-order valence-electron chi connectivity index (χ3n) is 3.36. The molecule has 3 rings (SSSR count). The van der Waals surface area contributed by atoms with Gasteiger partial charge in [0.05, 0.1) is 6.61 Å². The second-order valence-electron chi connectivity index (χ2n) is 4.91. The monoisotopic (exact) mass is 340 g/mol. The van der Waals surface area contributed by atoms with Gasteiger partial charge in [-0.3, -0.25) is 4.79 Å². The van der Waals surface area contributed by atoms with E-state index in [1.54, 1.807) is 24.3 Å². The highest BCUT2D eigenvalue weighted by atomic mass is 35.5. The Morgan fingerprint density at radius 2 is 1.67 bits per heavy atom. The van der Waals surface area contributed by atoms with Gasteiger partial charge in [0.2, 0.25) is 0 Å². The summed E-state index contributed by atoms with van der Waals surface area (Å²) in [5.41, 5.74) is 2.34. The lowest BCUT2D eigenvalue weighted by Gasteiger charge is -2.09. The minimum Gasteiger partial charge on any atom is -0.493 e. The summed E-state index contributed by atoms with van der Waals surface area (Å²) in [5.74, 6) is 0.709. The van der Waals surface area contributed by atoms with Crippen LogP contribution in [0.2, 0.25) is 15.1 Å². The standard InChI is InChI=1S/C16H11Cl3O2/c17-12-3-9-1-2-21-16(9)11(6-12)7-15(20)10-4-13(18)8-14(19)5-10/h3-6,8H,1-2,7H2. The fraction of sp³-hybridized carbons (Fsp3) is 0.188. The van der Waals surface area contributed by atoms with E-state index >= 15 is 0 Å². The summed E-state index contributed by atoms with van der Waals surface area (Å²) < 4.78 is 5.61. The van der Waals surface area contributed by atoms with Gasteiger partial charge in [-0.25, -0.2) is 0 Å². The van der Waals surface area contributed by atoms with Crippen LogP contribution in [0.3, 0.4) is 0 Å². The van der Waals surface area contributed by atoms with Crippen molar-refractivity contribution in [2.24, 2.45) is 0 Å². The molecule has 2 nitrogen and oxygen atoms in total. The van der Waals surface area contributed by atoms with Crippen LogP contribution in [0.5, 0.6) is 5.75 Å². The van der Waals surface area contributed by atoms with Crippen LogP contribution in [0.15, 0.2) is 30.3 Å². The lowest BCUT2D eigenvalue weighted by Crippen LogP contribution is -2.05. The van der Waals surface area contributed by atoms with Crippen LogP contribution in [0, 0.1) is 0 Å². The Morgan fingerprint density at radius 3 is 2.38 bits per heavy atom. The van der Waals surface area contributed by atoms with Gasteiger partial charge in [-0.05, 0) is 35.9 Å². The molecule has 0 saturated heterocycles. The van der Waals surface area contributed by atoms with Crippen molar-refractivity contribution in [3.63, 3.8) is 0 Å². The van der Waals surface area contributed by atoms with Crippen molar-refractivity contribution >= 4 is 40.6 Å². The van der Waals surface area contributed by atoms with E-state index in [0.717, 1.165) is 23.3 Å². The van der Waals surface area contributed by atoms with Crippen LogP contribution < -0.4 is 4.74 Å². The SMILES string of the molecule is O=C(Cc1cc(Cl)cc2c1OCC2)c1cc(Cl)cc(Cl)c1. The van der Waals surface area contributed by atoms with Crippen molar-refractivity contribution in [2.75, 3.05) is 6.61 Å². The number of carbonyl (C=O) groups excluding carboxylic acids is 1. The molecule has 5 heteroatoms. The number of benzene rings is 2. The molecule has 1 heterocycles. The van der Waals surface area contributed by atoms with Crippen LogP contribution in [-0.4, -0.2) is 12.4 Å². The zero-order chi connectivity index (χ0) is 15.0. The van der Waals surface area contributed by atoms with Crippen molar-refractivity contribution in [1.82, 2.24) is 0 Å². The maximum Gasteiger partial charge on any atom is 0.167 e. The number of Topliss-reactive ketones (excluding diaryl/α,β-unsaturated/α-hetero) is 1. The third-order valence-corrected chi connectivity index (χ3v) is 4.02. The van der Waals surface area contributed by atoms with Gasteiger partial charge in [0.1, 0.15) is 5.75 Å². The Morgan fingerprint density at radius 1 is 1.00 bits per heavy atom. The van der Waals surface area contributed by atoms with E-state index < -0.39 is 0 Å².